The summed E-state index contributed by atoms with van der Waals surface area (Å²) in [6, 6.07) is 9.74. The lowest BCUT2D eigenvalue weighted by Crippen LogP contribution is -2.39. The number of aliphatic imine (C=N–C) groups is 1. The molecule has 2 rings (SSSR count). The fourth-order valence-electron chi connectivity index (χ4n) is 2.38. The van der Waals surface area contributed by atoms with Gasteiger partial charge in [0.25, 0.3) is 0 Å². The van der Waals surface area contributed by atoms with Crippen LogP contribution in [0.4, 0.5) is 4.39 Å². The summed E-state index contributed by atoms with van der Waals surface area (Å²) in [5.74, 6) is -0.192. The minimum atomic E-state index is -3.52. The van der Waals surface area contributed by atoms with Crippen molar-refractivity contribution in [3.8, 4) is 0 Å². The van der Waals surface area contributed by atoms with Gasteiger partial charge in [0, 0.05) is 13.1 Å². The Morgan fingerprint density at radius 2 is 2.00 bits per heavy atom. The summed E-state index contributed by atoms with van der Waals surface area (Å²) in [7, 11) is -3.52. The standard InChI is InChI=1S/C18H24FN3O3S2.HI/c1-2-20-18(21-10-9-14-6-3-4-7-16(14)19)22-12-15(23)13-27(24,25)17-8-5-11-26-17;/h3-8,11,15,23H,2,9-10,12-13H2,1H3,(H2,20,21,22);1H. The first-order valence-corrected chi connectivity index (χ1v) is 11.2. The van der Waals surface area contributed by atoms with Gasteiger partial charge in [0.1, 0.15) is 10.0 Å². The summed E-state index contributed by atoms with van der Waals surface area (Å²) < 4.78 is 38.2. The topological polar surface area (TPSA) is 90.8 Å². The largest absolute Gasteiger partial charge is 0.390 e. The smallest absolute Gasteiger partial charge is 0.191 e. The third-order valence-corrected chi connectivity index (χ3v) is 6.95. The van der Waals surface area contributed by atoms with Crippen LogP contribution in [-0.2, 0) is 16.3 Å². The molecule has 6 nitrogen and oxygen atoms in total. The zero-order valence-corrected chi connectivity index (χ0v) is 19.4. The van der Waals surface area contributed by atoms with Gasteiger partial charge in [0.15, 0.2) is 15.8 Å². The number of benzene rings is 1. The molecule has 0 radical (unpaired) electrons. The van der Waals surface area contributed by atoms with Crippen LogP contribution in [0.3, 0.4) is 0 Å². The molecule has 0 fully saturated rings. The van der Waals surface area contributed by atoms with Gasteiger partial charge in [-0.1, -0.05) is 24.3 Å². The molecule has 2 aromatic rings. The molecule has 156 valence electrons. The second-order valence-corrected chi connectivity index (χ2v) is 9.06. The first kappa shape index (κ1) is 24.8. The first-order chi connectivity index (χ1) is 12.9. The molecule has 10 heteroatoms. The molecule has 1 heterocycles. The Hall–Kier alpha value is -1.24. The zero-order valence-electron chi connectivity index (χ0n) is 15.5. The van der Waals surface area contributed by atoms with E-state index in [1.54, 1.807) is 29.6 Å². The van der Waals surface area contributed by atoms with Crippen LogP contribution in [0.5, 0.6) is 0 Å². The number of hydrogen-bond acceptors (Lipinski definition) is 5. The number of hydrogen-bond donors (Lipinski definition) is 3. The van der Waals surface area contributed by atoms with Crippen molar-refractivity contribution < 1.29 is 17.9 Å². The maximum Gasteiger partial charge on any atom is 0.191 e. The average Bonchev–Trinajstić information content (AvgIpc) is 3.16. The Bertz CT molecular complexity index is 846. The van der Waals surface area contributed by atoms with E-state index in [-0.39, 0.29) is 46.3 Å². The number of guanidine groups is 1. The van der Waals surface area contributed by atoms with Gasteiger partial charge in [-0.05, 0) is 36.4 Å². The Morgan fingerprint density at radius 1 is 1.25 bits per heavy atom. The minimum absolute atomic E-state index is 0. The zero-order chi connectivity index (χ0) is 19.7. The van der Waals surface area contributed by atoms with E-state index < -0.39 is 15.9 Å². The molecule has 0 aliphatic heterocycles. The third kappa shape index (κ3) is 8.02. The van der Waals surface area contributed by atoms with Crippen LogP contribution >= 0.6 is 35.3 Å². The van der Waals surface area contributed by atoms with E-state index in [1.807, 2.05) is 6.92 Å². The van der Waals surface area contributed by atoms with Gasteiger partial charge >= 0.3 is 0 Å². The predicted octanol–water partition coefficient (Wildman–Crippen LogP) is 2.44. The molecule has 3 N–H and O–H groups in total. The van der Waals surface area contributed by atoms with Crippen molar-refractivity contribution >= 4 is 51.1 Å². The Morgan fingerprint density at radius 3 is 2.64 bits per heavy atom. The highest BCUT2D eigenvalue weighted by atomic mass is 127. The molecule has 28 heavy (non-hydrogen) atoms. The van der Waals surface area contributed by atoms with Gasteiger partial charge in [0.05, 0.1) is 18.4 Å². The van der Waals surface area contributed by atoms with Gasteiger partial charge in [-0.25, -0.2) is 12.8 Å². The lowest BCUT2D eigenvalue weighted by atomic mass is 10.1. The average molecular weight is 541 g/mol. The van der Waals surface area contributed by atoms with Gasteiger partial charge in [0.2, 0.25) is 0 Å². The van der Waals surface area contributed by atoms with E-state index in [4.69, 9.17) is 0 Å². The van der Waals surface area contributed by atoms with Crippen molar-refractivity contribution in [2.45, 2.75) is 23.7 Å². The highest BCUT2D eigenvalue weighted by molar-refractivity contribution is 14.0. The van der Waals surface area contributed by atoms with Crippen molar-refractivity contribution in [2.75, 3.05) is 25.4 Å². The van der Waals surface area contributed by atoms with Gasteiger partial charge in [-0.3, -0.25) is 4.99 Å². The van der Waals surface area contributed by atoms with Crippen molar-refractivity contribution in [1.29, 1.82) is 0 Å². The van der Waals surface area contributed by atoms with Crippen LogP contribution in [0.1, 0.15) is 12.5 Å². The van der Waals surface area contributed by atoms with Crippen molar-refractivity contribution in [3.05, 3.63) is 53.2 Å². The maximum atomic E-state index is 13.6. The Balaban J connectivity index is 0.00000392. The number of sulfone groups is 1. The lowest BCUT2D eigenvalue weighted by molar-refractivity contribution is 0.206. The number of halogens is 2. The molecule has 0 saturated carbocycles. The van der Waals surface area contributed by atoms with E-state index in [0.29, 0.717) is 31.0 Å². The minimum Gasteiger partial charge on any atom is -0.390 e. The molecule has 0 saturated heterocycles. The fraction of sp³-hybridized carbons (Fsp3) is 0.389. The molecule has 0 aliphatic carbocycles. The molecule has 1 unspecified atom stereocenters. The van der Waals surface area contributed by atoms with Crippen molar-refractivity contribution in [1.82, 2.24) is 10.6 Å². The molecule has 1 aromatic carbocycles. The van der Waals surface area contributed by atoms with Crippen molar-refractivity contribution in [3.63, 3.8) is 0 Å². The number of thiophene rings is 1. The predicted molar refractivity (Wildman–Crippen MR) is 122 cm³/mol. The van der Waals surface area contributed by atoms with Crippen LogP contribution in [0.25, 0.3) is 0 Å². The summed E-state index contributed by atoms with van der Waals surface area (Å²) >= 11 is 1.12. The number of nitrogens with one attached hydrogen (secondary N) is 2. The Kier molecular flexibility index (Phi) is 10.9. The van der Waals surface area contributed by atoms with Crippen LogP contribution in [0, 0.1) is 5.82 Å². The molecule has 0 aliphatic rings. The Labute approximate surface area is 186 Å². The summed E-state index contributed by atoms with van der Waals surface area (Å²) in [5, 5.41) is 17.8. The highest BCUT2D eigenvalue weighted by Gasteiger charge is 2.20. The fourth-order valence-corrected chi connectivity index (χ4v) is 4.85. The number of nitrogens with zero attached hydrogens (tertiary/aromatic N) is 1. The quantitative estimate of drug-likeness (QED) is 0.258. The second-order valence-electron chi connectivity index (χ2n) is 5.86. The van der Waals surface area contributed by atoms with Crippen LogP contribution in [0.15, 0.2) is 51.0 Å². The number of aliphatic hydroxyl groups is 1. The lowest BCUT2D eigenvalue weighted by Gasteiger charge is -2.13. The second kappa shape index (κ2) is 12.3. The van der Waals surface area contributed by atoms with Gasteiger partial charge in [-0.15, -0.1) is 35.3 Å². The summed E-state index contributed by atoms with van der Waals surface area (Å²) in [5.41, 5.74) is 0.600. The summed E-state index contributed by atoms with van der Waals surface area (Å²) in [4.78, 5) is 4.22. The van der Waals surface area contributed by atoms with Crippen LogP contribution < -0.4 is 10.6 Å². The van der Waals surface area contributed by atoms with Crippen LogP contribution in [-0.4, -0.2) is 51.0 Å². The number of aliphatic hydroxyl groups excluding tert-OH is 1. The van der Waals surface area contributed by atoms with Crippen molar-refractivity contribution in [2.24, 2.45) is 4.99 Å². The summed E-state index contributed by atoms with van der Waals surface area (Å²) in [6.07, 6.45) is -0.633. The molecule has 0 spiro atoms. The number of rotatable bonds is 9. The summed E-state index contributed by atoms with van der Waals surface area (Å²) in [6.45, 7) is 2.90. The molecule has 0 bridgehead atoms. The van der Waals surface area contributed by atoms with E-state index in [9.17, 15) is 17.9 Å². The van der Waals surface area contributed by atoms with Gasteiger partial charge in [-0.2, -0.15) is 0 Å². The van der Waals surface area contributed by atoms with E-state index in [2.05, 4.69) is 15.6 Å². The molecule has 1 atom stereocenters. The molecule has 1 aromatic heterocycles. The molecule has 0 amide bonds. The first-order valence-electron chi connectivity index (χ1n) is 8.62. The molecular formula is C18H25FIN3O3S2. The maximum absolute atomic E-state index is 13.6. The van der Waals surface area contributed by atoms with E-state index >= 15 is 0 Å². The molecular weight excluding hydrogens is 516 g/mol. The van der Waals surface area contributed by atoms with Crippen LogP contribution in [0.2, 0.25) is 0 Å². The monoisotopic (exact) mass is 541 g/mol. The van der Waals surface area contributed by atoms with E-state index in [0.717, 1.165) is 11.3 Å². The normalized spacial score (nSPS) is 12.9. The third-order valence-electron chi connectivity index (χ3n) is 3.66. The SMILES string of the molecule is CCNC(=NCC(O)CS(=O)(=O)c1cccs1)NCCc1ccccc1F.I. The van der Waals surface area contributed by atoms with E-state index in [1.165, 1.54) is 12.1 Å². The van der Waals surface area contributed by atoms with Gasteiger partial charge < -0.3 is 15.7 Å². The highest BCUT2D eigenvalue weighted by Crippen LogP contribution is 2.18.